The molecule has 8 nitrogen and oxygen atoms in total. The van der Waals surface area contributed by atoms with Gasteiger partial charge in [0.2, 0.25) is 0 Å². The summed E-state index contributed by atoms with van der Waals surface area (Å²) in [6, 6.07) is 22.4. The Kier molecular flexibility index (Phi) is 8.26. The second kappa shape index (κ2) is 12.1. The standard InChI is InChI=1S/C31H36N4O4S2/c1-22-11-12-24(29(18-22)38-2)20-35(31-32-21-33-40-31)41(36,37)25-13-14-26-28(15-17-39-30(26)19-25)34-16-7-6-10-27(34)23-8-4-3-5-9-23/h3-5,8-9,11-14,18-19,27-28,33H,6-7,10,15-17,20-21H2,1-2H3/t27-,28?/m0/s1. The molecule has 1 N–H and O–H groups in total. The summed E-state index contributed by atoms with van der Waals surface area (Å²) in [5.74, 6) is 1.29. The van der Waals surface area contributed by atoms with Crippen LogP contribution in [0.5, 0.6) is 11.5 Å². The van der Waals surface area contributed by atoms with Crippen LogP contribution >= 0.6 is 11.9 Å². The van der Waals surface area contributed by atoms with E-state index < -0.39 is 10.0 Å². The average Bonchev–Trinajstić information content (AvgIpc) is 3.54. The summed E-state index contributed by atoms with van der Waals surface area (Å²) in [6.07, 6.45) is 4.37. The zero-order chi connectivity index (χ0) is 28.4. The fraction of sp³-hybridized carbons (Fsp3) is 0.387. The van der Waals surface area contributed by atoms with Gasteiger partial charge in [0, 0.05) is 35.7 Å². The molecule has 0 bridgehead atoms. The van der Waals surface area contributed by atoms with Crippen LogP contribution < -0.4 is 14.2 Å². The average molecular weight is 593 g/mol. The minimum atomic E-state index is -3.95. The van der Waals surface area contributed by atoms with Gasteiger partial charge in [-0.05, 0) is 61.5 Å². The highest BCUT2D eigenvalue weighted by Gasteiger charge is 2.36. The van der Waals surface area contributed by atoms with Crippen molar-refractivity contribution in [1.29, 1.82) is 0 Å². The Morgan fingerprint density at radius 2 is 1.93 bits per heavy atom. The van der Waals surface area contributed by atoms with E-state index in [9.17, 15) is 8.42 Å². The maximum absolute atomic E-state index is 14.2. The lowest BCUT2D eigenvalue weighted by Gasteiger charge is -2.43. The van der Waals surface area contributed by atoms with Gasteiger partial charge in [0.05, 0.1) is 25.2 Å². The Labute approximate surface area is 246 Å². The number of piperidine rings is 1. The Hall–Kier alpha value is -3.05. The lowest BCUT2D eigenvalue weighted by molar-refractivity contribution is 0.0668. The van der Waals surface area contributed by atoms with Crippen molar-refractivity contribution in [3.8, 4) is 11.5 Å². The fourth-order valence-corrected chi connectivity index (χ4v) is 8.38. The third-order valence-corrected chi connectivity index (χ3v) is 10.8. The van der Waals surface area contributed by atoms with Crippen LogP contribution in [0.15, 0.2) is 76.6 Å². The summed E-state index contributed by atoms with van der Waals surface area (Å²) < 4.78 is 44.5. The van der Waals surface area contributed by atoms with Crippen molar-refractivity contribution in [3.05, 3.63) is 89.0 Å². The molecule has 2 atom stereocenters. The van der Waals surface area contributed by atoms with Crippen LogP contribution in [0.1, 0.15) is 60.0 Å². The van der Waals surface area contributed by atoms with Crippen molar-refractivity contribution in [2.45, 2.75) is 56.1 Å². The zero-order valence-electron chi connectivity index (χ0n) is 23.5. The van der Waals surface area contributed by atoms with Crippen LogP contribution in [0.25, 0.3) is 0 Å². The molecule has 3 aliphatic rings. The molecule has 41 heavy (non-hydrogen) atoms. The number of aryl methyl sites for hydroxylation is 1. The number of methoxy groups -OCH3 is 1. The molecule has 3 heterocycles. The topological polar surface area (TPSA) is 83.5 Å². The number of benzene rings is 3. The minimum absolute atomic E-state index is 0.104. The van der Waals surface area contributed by atoms with Gasteiger partial charge in [0.15, 0.2) is 5.17 Å². The first kappa shape index (κ1) is 28.1. The van der Waals surface area contributed by atoms with E-state index in [1.807, 2.05) is 31.2 Å². The first-order chi connectivity index (χ1) is 20.0. The Balaban J connectivity index is 1.33. The Morgan fingerprint density at radius 1 is 1.07 bits per heavy atom. The number of fused-ring (bicyclic) bond motifs is 1. The number of likely N-dealkylation sites (tertiary alicyclic amines) is 1. The molecule has 0 amide bonds. The Bertz CT molecular complexity index is 1530. The van der Waals surface area contributed by atoms with Crippen LogP contribution in [0, 0.1) is 6.92 Å². The van der Waals surface area contributed by atoms with Crippen molar-refractivity contribution in [2.75, 3.05) is 26.9 Å². The molecule has 216 valence electrons. The number of hydrogen-bond acceptors (Lipinski definition) is 8. The third kappa shape index (κ3) is 5.70. The number of hydrogen-bond donors (Lipinski definition) is 1. The molecule has 6 rings (SSSR count). The normalized spacial score (nSPS) is 21.1. The van der Waals surface area contributed by atoms with Gasteiger partial charge >= 0.3 is 0 Å². The SMILES string of the molecule is COc1cc(C)ccc1CN(C1=NCNS1)S(=O)(=O)c1ccc2c(c1)OCCC2N1CCCC[C@H]1c1ccccc1. The molecule has 0 aliphatic carbocycles. The summed E-state index contributed by atoms with van der Waals surface area (Å²) in [7, 11) is -2.36. The van der Waals surface area contributed by atoms with Gasteiger partial charge in [-0.3, -0.25) is 4.90 Å². The summed E-state index contributed by atoms with van der Waals surface area (Å²) in [5.41, 5.74) is 4.20. The van der Waals surface area contributed by atoms with E-state index in [0.717, 1.165) is 42.5 Å². The first-order valence-corrected chi connectivity index (χ1v) is 16.4. The van der Waals surface area contributed by atoms with E-state index in [1.165, 1.54) is 28.2 Å². The predicted octanol–water partition coefficient (Wildman–Crippen LogP) is 5.81. The van der Waals surface area contributed by atoms with Gasteiger partial charge in [0.25, 0.3) is 10.0 Å². The van der Waals surface area contributed by atoms with Crippen molar-refractivity contribution in [3.63, 3.8) is 0 Å². The molecule has 0 spiro atoms. The fourth-order valence-electron chi connectivity index (χ4n) is 6.09. The highest BCUT2D eigenvalue weighted by molar-refractivity contribution is 8.13. The molecule has 1 unspecified atom stereocenters. The zero-order valence-corrected chi connectivity index (χ0v) is 25.1. The third-order valence-electron chi connectivity index (χ3n) is 8.12. The predicted molar refractivity (Wildman–Crippen MR) is 163 cm³/mol. The smallest absolute Gasteiger partial charge is 0.266 e. The van der Waals surface area contributed by atoms with Crippen molar-refractivity contribution in [2.24, 2.45) is 4.99 Å². The number of ether oxygens (including phenoxy) is 2. The number of nitrogens with one attached hydrogen (secondary N) is 1. The van der Waals surface area contributed by atoms with Gasteiger partial charge in [0.1, 0.15) is 18.2 Å². The van der Waals surface area contributed by atoms with Crippen LogP contribution in [-0.4, -0.2) is 49.7 Å². The molecule has 1 saturated heterocycles. The molecular weight excluding hydrogens is 556 g/mol. The van der Waals surface area contributed by atoms with E-state index in [2.05, 4.69) is 44.9 Å². The van der Waals surface area contributed by atoms with E-state index in [0.29, 0.717) is 36.0 Å². The molecule has 0 aromatic heterocycles. The van der Waals surface area contributed by atoms with Crippen molar-refractivity contribution in [1.82, 2.24) is 13.9 Å². The van der Waals surface area contributed by atoms with Gasteiger partial charge in [-0.1, -0.05) is 55.0 Å². The lowest BCUT2D eigenvalue weighted by atomic mass is 9.90. The summed E-state index contributed by atoms with van der Waals surface area (Å²) in [5, 5.41) is 0.406. The number of aliphatic imine (C=N–C) groups is 1. The van der Waals surface area contributed by atoms with Crippen molar-refractivity contribution < 1.29 is 17.9 Å². The molecule has 10 heteroatoms. The maximum Gasteiger partial charge on any atom is 0.266 e. The van der Waals surface area contributed by atoms with Crippen LogP contribution in [-0.2, 0) is 16.6 Å². The first-order valence-electron chi connectivity index (χ1n) is 14.1. The number of nitrogens with zero attached hydrogens (tertiary/aromatic N) is 3. The molecule has 1 fully saturated rings. The van der Waals surface area contributed by atoms with Gasteiger partial charge in [-0.2, -0.15) is 0 Å². The molecule has 0 saturated carbocycles. The van der Waals surface area contributed by atoms with Gasteiger partial charge in [-0.15, -0.1) is 0 Å². The van der Waals surface area contributed by atoms with E-state index in [4.69, 9.17) is 9.47 Å². The highest BCUT2D eigenvalue weighted by Crippen LogP contribution is 2.44. The molecule has 3 aromatic carbocycles. The van der Waals surface area contributed by atoms with E-state index in [1.54, 1.807) is 19.2 Å². The number of rotatable bonds is 7. The van der Waals surface area contributed by atoms with Crippen LogP contribution in [0.2, 0.25) is 0 Å². The van der Waals surface area contributed by atoms with E-state index >= 15 is 0 Å². The van der Waals surface area contributed by atoms with E-state index in [-0.39, 0.29) is 17.5 Å². The summed E-state index contributed by atoms with van der Waals surface area (Å²) in [4.78, 5) is 7.22. The molecular formula is C31H36N4O4S2. The maximum atomic E-state index is 14.2. The van der Waals surface area contributed by atoms with Gasteiger partial charge < -0.3 is 9.47 Å². The number of amidine groups is 1. The second-order valence-corrected chi connectivity index (χ2v) is 13.4. The largest absolute Gasteiger partial charge is 0.496 e. The van der Waals surface area contributed by atoms with Crippen LogP contribution in [0.3, 0.4) is 0 Å². The molecule has 0 radical (unpaired) electrons. The summed E-state index contributed by atoms with van der Waals surface area (Å²) >= 11 is 1.22. The lowest BCUT2D eigenvalue weighted by Crippen LogP contribution is -2.39. The van der Waals surface area contributed by atoms with Crippen LogP contribution in [0.4, 0.5) is 0 Å². The molecule has 3 aliphatic heterocycles. The highest BCUT2D eigenvalue weighted by atomic mass is 32.2. The number of sulfonamides is 1. The van der Waals surface area contributed by atoms with Gasteiger partial charge in [-0.25, -0.2) is 22.4 Å². The Morgan fingerprint density at radius 3 is 2.71 bits per heavy atom. The monoisotopic (exact) mass is 592 g/mol. The summed E-state index contributed by atoms with van der Waals surface area (Å²) in [6.45, 7) is 4.00. The second-order valence-electron chi connectivity index (χ2n) is 10.7. The van der Waals surface area contributed by atoms with Crippen molar-refractivity contribution >= 4 is 27.1 Å². The minimum Gasteiger partial charge on any atom is -0.496 e. The quantitative estimate of drug-likeness (QED) is 0.347. The molecule has 3 aromatic rings.